The zero-order valence-electron chi connectivity index (χ0n) is 8.41. The van der Waals surface area contributed by atoms with Gasteiger partial charge in [-0.05, 0) is 12.8 Å². The molecule has 1 unspecified atom stereocenters. The van der Waals surface area contributed by atoms with Crippen molar-refractivity contribution in [2.45, 2.75) is 43.0 Å². The molecule has 0 spiro atoms. The zero-order valence-corrected chi connectivity index (χ0v) is 9.16. The highest BCUT2D eigenvalue weighted by molar-refractivity contribution is 6.22. The lowest BCUT2D eigenvalue weighted by Gasteiger charge is -2.34. The highest BCUT2D eigenvalue weighted by Crippen LogP contribution is 2.38. The maximum absolute atomic E-state index is 11.7. The molecule has 1 aliphatic carbocycles. The number of carboxylic acids is 1. The van der Waals surface area contributed by atoms with E-state index in [1.54, 1.807) is 0 Å². The van der Waals surface area contributed by atoms with E-state index in [9.17, 15) is 14.7 Å². The minimum Gasteiger partial charge on any atom is -0.479 e. The zero-order chi connectivity index (χ0) is 11.1. The predicted octanol–water partition coefficient (Wildman–Crippen LogP) is 1.22. The van der Waals surface area contributed by atoms with Crippen molar-refractivity contribution in [2.75, 3.05) is 6.54 Å². The maximum atomic E-state index is 11.7. The number of amides is 1. The Labute approximate surface area is 93.2 Å². The van der Waals surface area contributed by atoms with Crippen LogP contribution in [0.1, 0.15) is 32.1 Å². The van der Waals surface area contributed by atoms with E-state index in [0.29, 0.717) is 19.4 Å². The molecule has 1 heterocycles. The van der Waals surface area contributed by atoms with Crippen molar-refractivity contribution in [2.24, 2.45) is 0 Å². The molecule has 4 nitrogen and oxygen atoms in total. The Morgan fingerprint density at radius 2 is 2.07 bits per heavy atom. The van der Waals surface area contributed by atoms with Gasteiger partial charge in [0, 0.05) is 13.0 Å². The summed E-state index contributed by atoms with van der Waals surface area (Å²) in [7, 11) is 0. The minimum absolute atomic E-state index is 0.112. The summed E-state index contributed by atoms with van der Waals surface area (Å²) < 4.78 is 0. The molecule has 84 valence electrons. The number of hydrogen-bond donors (Lipinski definition) is 1. The normalized spacial score (nSPS) is 29.8. The number of carbonyl (C=O) groups excluding carboxylic acids is 1. The molecule has 1 aliphatic heterocycles. The number of halogens is 1. The number of nitrogens with zero attached hydrogens (tertiary/aromatic N) is 1. The molecule has 1 atom stereocenters. The Morgan fingerprint density at radius 3 is 2.47 bits per heavy atom. The van der Waals surface area contributed by atoms with Gasteiger partial charge >= 0.3 is 5.97 Å². The van der Waals surface area contributed by atoms with Gasteiger partial charge in [-0.3, -0.25) is 4.79 Å². The van der Waals surface area contributed by atoms with Gasteiger partial charge in [0.25, 0.3) is 0 Å². The lowest BCUT2D eigenvalue weighted by molar-refractivity contribution is -0.156. The molecule has 0 aromatic rings. The first-order valence-corrected chi connectivity index (χ1v) is 5.68. The molecular formula is C10H14ClNO3. The van der Waals surface area contributed by atoms with Crippen LogP contribution in [0.5, 0.6) is 0 Å². The highest BCUT2D eigenvalue weighted by Gasteiger charge is 2.51. The van der Waals surface area contributed by atoms with Crippen LogP contribution in [-0.4, -0.2) is 39.3 Å². The molecule has 1 saturated heterocycles. The van der Waals surface area contributed by atoms with Gasteiger partial charge in [0.15, 0.2) is 0 Å². The van der Waals surface area contributed by atoms with Crippen molar-refractivity contribution in [3.05, 3.63) is 0 Å². The van der Waals surface area contributed by atoms with Gasteiger partial charge in [0.2, 0.25) is 5.91 Å². The topological polar surface area (TPSA) is 57.6 Å². The summed E-state index contributed by atoms with van der Waals surface area (Å²) >= 11 is 5.89. The van der Waals surface area contributed by atoms with Crippen LogP contribution in [0.2, 0.25) is 0 Å². The fourth-order valence-corrected chi connectivity index (χ4v) is 2.91. The second kappa shape index (κ2) is 3.67. The van der Waals surface area contributed by atoms with Crippen LogP contribution in [-0.2, 0) is 9.59 Å². The number of aliphatic carboxylic acids is 1. The molecular weight excluding hydrogens is 218 g/mol. The van der Waals surface area contributed by atoms with Gasteiger partial charge in [-0.1, -0.05) is 12.8 Å². The Kier molecular flexibility index (Phi) is 2.63. The maximum Gasteiger partial charge on any atom is 0.329 e. The van der Waals surface area contributed by atoms with Gasteiger partial charge in [0.1, 0.15) is 5.54 Å². The van der Waals surface area contributed by atoms with Gasteiger partial charge < -0.3 is 10.0 Å². The smallest absolute Gasteiger partial charge is 0.329 e. The first-order valence-electron chi connectivity index (χ1n) is 5.24. The van der Waals surface area contributed by atoms with E-state index in [0.717, 1.165) is 12.8 Å². The fourth-order valence-electron chi connectivity index (χ4n) is 2.64. The highest BCUT2D eigenvalue weighted by atomic mass is 35.5. The number of carboxylic acid groups (broad SMARTS) is 1. The summed E-state index contributed by atoms with van der Waals surface area (Å²) in [6, 6.07) is 0. The molecule has 0 aromatic carbocycles. The summed E-state index contributed by atoms with van der Waals surface area (Å²) in [5.74, 6) is -0.988. The van der Waals surface area contributed by atoms with Gasteiger partial charge in [-0.25, -0.2) is 4.79 Å². The number of hydrogen-bond acceptors (Lipinski definition) is 2. The van der Waals surface area contributed by atoms with Crippen LogP contribution in [0.3, 0.4) is 0 Å². The lowest BCUT2D eigenvalue weighted by atomic mass is 9.95. The van der Waals surface area contributed by atoms with Crippen LogP contribution in [0.4, 0.5) is 0 Å². The Balaban J connectivity index is 2.26. The summed E-state index contributed by atoms with van der Waals surface area (Å²) in [6.45, 7) is 0.382. The van der Waals surface area contributed by atoms with Crippen molar-refractivity contribution >= 4 is 23.5 Å². The SMILES string of the molecule is O=C1CC(Cl)CN1C1(C(=O)O)CCCC1. The Bertz CT molecular complexity index is 299. The molecule has 2 fully saturated rings. The predicted molar refractivity (Wildman–Crippen MR) is 54.8 cm³/mol. The first kappa shape index (κ1) is 10.7. The van der Waals surface area contributed by atoms with E-state index in [1.807, 2.05) is 0 Å². The molecule has 2 rings (SSSR count). The molecule has 15 heavy (non-hydrogen) atoms. The summed E-state index contributed by atoms with van der Waals surface area (Å²) in [5.41, 5.74) is -0.958. The molecule has 0 aromatic heterocycles. The summed E-state index contributed by atoms with van der Waals surface area (Å²) in [5, 5.41) is 9.06. The summed E-state index contributed by atoms with van der Waals surface area (Å²) in [6.07, 6.45) is 3.16. The van der Waals surface area contributed by atoms with Crippen LogP contribution in [0.25, 0.3) is 0 Å². The van der Waals surface area contributed by atoms with Gasteiger partial charge in [0.05, 0.1) is 5.38 Å². The van der Waals surface area contributed by atoms with Crippen LogP contribution >= 0.6 is 11.6 Å². The number of likely N-dealkylation sites (tertiary alicyclic amines) is 1. The Morgan fingerprint density at radius 1 is 1.47 bits per heavy atom. The fraction of sp³-hybridized carbons (Fsp3) is 0.800. The van der Waals surface area contributed by atoms with Crippen molar-refractivity contribution in [1.29, 1.82) is 0 Å². The van der Waals surface area contributed by atoms with E-state index in [2.05, 4.69) is 0 Å². The van der Waals surface area contributed by atoms with Crippen molar-refractivity contribution < 1.29 is 14.7 Å². The van der Waals surface area contributed by atoms with E-state index in [1.165, 1.54) is 4.90 Å². The lowest BCUT2D eigenvalue weighted by Crippen LogP contribution is -2.53. The average molecular weight is 232 g/mol. The van der Waals surface area contributed by atoms with Crippen molar-refractivity contribution in [1.82, 2.24) is 4.90 Å². The largest absolute Gasteiger partial charge is 0.479 e. The first-order chi connectivity index (χ1) is 7.06. The molecule has 1 N–H and O–H groups in total. The van der Waals surface area contributed by atoms with Crippen LogP contribution in [0, 0.1) is 0 Å². The molecule has 0 radical (unpaired) electrons. The quantitative estimate of drug-likeness (QED) is 0.727. The second-order valence-electron chi connectivity index (χ2n) is 4.35. The standard InChI is InChI=1S/C10H14ClNO3/c11-7-5-8(13)12(6-7)10(9(14)15)3-1-2-4-10/h7H,1-6H2,(H,14,15). The Hall–Kier alpha value is -0.770. The third kappa shape index (κ3) is 1.61. The van der Waals surface area contributed by atoms with Crippen molar-refractivity contribution in [3.8, 4) is 0 Å². The number of carbonyl (C=O) groups is 2. The van der Waals surface area contributed by atoms with Crippen LogP contribution < -0.4 is 0 Å². The second-order valence-corrected chi connectivity index (χ2v) is 4.97. The molecule has 5 heteroatoms. The minimum atomic E-state index is -0.958. The third-order valence-electron chi connectivity index (χ3n) is 3.42. The van der Waals surface area contributed by atoms with E-state index < -0.39 is 11.5 Å². The van der Waals surface area contributed by atoms with Gasteiger partial charge in [-0.15, -0.1) is 11.6 Å². The monoisotopic (exact) mass is 231 g/mol. The molecule has 0 bridgehead atoms. The third-order valence-corrected chi connectivity index (χ3v) is 3.72. The van der Waals surface area contributed by atoms with Crippen LogP contribution in [0.15, 0.2) is 0 Å². The van der Waals surface area contributed by atoms with Crippen molar-refractivity contribution in [3.63, 3.8) is 0 Å². The molecule has 2 aliphatic rings. The van der Waals surface area contributed by atoms with E-state index in [-0.39, 0.29) is 17.7 Å². The molecule has 1 saturated carbocycles. The number of rotatable bonds is 2. The average Bonchev–Trinajstić information content (AvgIpc) is 2.72. The van der Waals surface area contributed by atoms with Gasteiger partial charge in [-0.2, -0.15) is 0 Å². The van der Waals surface area contributed by atoms with E-state index in [4.69, 9.17) is 11.6 Å². The molecule has 1 amide bonds. The number of alkyl halides is 1. The van der Waals surface area contributed by atoms with E-state index >= 15 is 0 Å². The summed E-state index contributed by atoms with van der Waals surface area (Å²) in [4.78, 5) is 24.5.